The molecule has 9 aliphatic rings. The van der Waals surface area contributed by atoms with Crippen molar-refractivity contribution in [2.24, 2.45) is 107 Å². The summed E-state index contributed by atoms with van der Waals surface area (Å²) in [6.45, 7) is 12.4. The molecule has 10 rings (SSSR count). The van der Waals surface area contributed by atoms with Crippen LogP contribution >= 0.6 is 0 Å². The lowest BCUT2D eigenvalue weighted by Gasteiger charge is -2.31. The van der Waals surface area contributed by atoms with E-state index in [0.717, 1.165) is 70.6 Å². The second-order valence-electron chi connectivity index (χ2n) is 22.5. The van der Waals surface area contributed by atoms with E-state index >= 15 is 0 Å². The van der Waals surface area contributed by atoms with Crippen molar-refractivity contribution in [2.75, 3.05) is 39.6 Å². The Morgan fingerprint density at radius 1 is 0.485 bits per heavy atom. The molecule has 1 aromatic carbocycles. The Morgan fingerprint density at radius 3 is 1.39 bits per heavy atom. The summed E-state index contributed by atoms with van der Waals surface area (Å²) in [5, 5.41) is 0. The number of fused-ring (bicyclic) bond motifs is 15. The fraction of sp³-hybridized carbons (Fsp3) is 0.704. The Morgan fingerprint density at radius 2 is 0.909 bits per heavy atom. The average Bonchev–Trinajstić information content (AvgIpc) is 4.17. The van der Waals surface area contributed by atoms with Crippen LogP contribution in [0.25, 0.3) is 0 Å². The van der Waals surface area contributed by atoms with E-state index in [2.05, 4.69) is 13.2 Å². The molecule has 0 saturated heterocycles. The van der Waals surface area contributed by atoms with Crippen LogP contribution in [0.15, 0.2) is 43.0 Å². The first-order chi connectivity index (χ1) is 31.8. The molecular weight excluding hydrogens is 841 g/mol. The van der Waals surface area contributed by atoms with Crippen molar-refractivity contribution in [2.45, 2.75) is 90.9 Å². The summed E-state index contributed by atoms with van der Waals surface area (Å²) in [6, 6.07) is 4.52. The first-order valence-corrected chi connectivity index (χ1v) is 25.2. The van der Waals surface area contributed by atoms with Crippen LogP contribution in [-0.4, -0.2) is 75.5 Å². The van der Waals surface area contributed by atoms with Crippen LogP contribution in [0.4, 0.5) is 0 Å². The van der Waals surface area contributed by atoms with Crippen molar-refractivity contribution in [3.8, 4) is 0 Å². The summed E-state index contributed by atoms with van der Waals surface area (Å²) >= 11 is 0. The van der Waals surface area contributed by atoms with Gasteiger partial charge in [-0.05, 0) is 209 Å². The summed E-state index contributed by atoms with van der Waals surface area (Å²) in [5.41, 5.74) is 0.704. The van der Waals surface area contributed by atoms with Crippen molar-refractivity contribution < 1.29 is 57.2 Å². The second kappa shape index (κ2) is 18.5. The zero-order chi connectivity index (χ0) is 46.0. The number of benzene rings is 1. The van der Waals surface area contributed by atoms with Crippen LogP contribution in [0.2, 0.25) is 0 Å². The Balaban J connectivity index is 0.776. The number of ether oxygens (including phenoxy) is 6. The van der Waals surface area contributed by atoms with E-state index in [1.807, 2.05) is 0 Å². The molecular formula is C54H68O12. The van der Waals surface area contributed by atoms with Gasteiger partial charge >= 0.3 is 35.8 Å². The van der Waals surface area contributed by atoms with Crippen molar-refractivity contribution >= 4 is 35.8 Å². The van der Waals surface area contributed by atoms with Crippen LogP contribution in [0.3, 0.4) is 0 Å². The fourth-order valence-electron chi connectivity index (χ4n) is 16.6. The van der Waals surface area contributed by atoms with Gasteiger partial charge < -0.3 is 28.4 Å². The number of hydrogen-bond donors (Lipinski definition) is 0. The second-order valence-corrected chi connectivity index (χ2v) is 22.5. The molecule has 0 radical (unpaired) electrons. The monoisotopic (exact) mass is 908 g/mol. The number of hydrogen-bond acceptors (Lipinski definition) is 12. The van der Waals surface area contributed by atoms with E-state index < -0.39 is 17.9 Å². The maximum Gasteiger partial charge on any atom is 0.339 e. The minimum atomic E-state index is -0.648. The maximum atomic E-state index is 14.1. The van der Waals surface area contributed by atoms with Crippen LogP contribution in [0.5, 0.6) is 0 Å². The molecule has 66 heavy (non-hydrogen) atoms. The Bertz CT molecular complexity index is 2130. The molecule has 12 heteroatoms. The molecule has 9 aliphatic carbocycles. The van der Waals surface area contributed by atoms with Gasteiger partial charge in [-0.1, -0.05) is 13.2 Å². The van der Waals surface area contributed by atoms with Crippen molar-refractivity contribution in [1.82, 2.24) is 0 Å². The summed E-state index contributed by atoms with van der Waals surface area (Å²) in [7, 11) is 0. The zero-order valence-corrected chi connectivity index (χ0v) is 38.7. The van der Waals surface area contributed by atoms with Gasteiger partial charge in [-0.25, -0.2) is 24.0 Å². The highest BCUT2D eigenvalue weighted by Gasteiger charge is 2.58. The van der Waals surface area contributed by atoms with Crippen molar-refractivity contribution in [1.29, 1.82) is 0 Å². The minimum Gasteiger partial charge on any atom is -0.466 e. The SMILES string of the molecule is C=CC(=O)OCC1CC2C3CC(COC(=O)c4ccc(C(=O)OCC5CC6CC5C5CC(COC(=O)C(=C)C)CC65)c(C(=O)OCC5CC6C7CC(COC(C)=O)C(C7)C6C5)c4)C(C3)C2C1. The molecule has 18 unspecified atom stereocenters. The van der Waals surface area contributed by atoms with Crippen LogP contribution in [-0.2, 0) is 42.8 Å². The molecule has 9 saturated carbocycles. The molecule has 0 N–H and O–H groups in total. The topological polar surface area (TPSA) is 158 Å². The Kier molecular flexibility index (Phi) is 12.7. The van der Waals surface area contributed by atoms with Gasteiger partial charge in [-0.2, -0.15) is 0 Å². The van der Waals surface area contributed by atoms with Gasteiger partial charge in [-0.3, -0.25) is 4.79 Å². The number of rotatable bonds is 17. The van der Waals surface area contributed by atoms with Gasteiger partial charge in [-0.15, -0.1) is 0 Å². The number of carbonyl (C=O) groups is 6. The largest absolute Gasteiger partial charge is 0.466 e. The van der Waals surface area contributed by atoms with E-state index in [0.29, 0.717) is 121 Å². The Hall–Kier alpha value is -4.48. The van der Waals surface area contributed by atoms with E-state index in [1.165, 1.54) is 31.6 Å². The molecule has 0 amide bonds. The molecule has 0 spiro atoms. The molecule has 0 aliphatic heterocycles. The zero-order valence-electron chi connectivity index (χ0n) is 38.7. The van der Waals surface area contributed by atoms with E-state index in [-0.39, 0.29) is 65.6 Å². The van der Waals surface area contributed by atoms with Crippen LogP contribution < -0.4 is 0 Å². The fourth-order valence-corrected chi connectivity index (χ4v) is 16.6. The smallest absolute Gasteiger partial charge is 0.339 e. The highest BCUT2D eigenvalue weighted by atomic mass is 16.6. The Labute approximate surface area is 388 Å². The molecule has 1 aromatic rings. The van der Waals surface area contributed by atoms with Gasteiger partial charge in [0, 0.05) is 18.6 Å². The average molecular weight is 909 g/mol. The molecule has 0 aromatic heterocycles. The first kappa shape index (κ1) is 45.3. The van der Waals surface area contributed by atoms with Crippen LogP contribution in [0.1, 0.15) is 122 Å². The van der Waals surface area contributed by atoms with Crippen molar-refractivity contribution in [3.05, 3.63) is 59.7 Å². The van der Waals surface area contributed by atoms with Gasteiger partial charge in [0.1, 0.15) is 0 Å². The highest BCUT2D eigenvalue weighted by Crippen LogP contribution is 2.64. The predicted molar refractivity (Wildman–Crippen MR) is 239 cm³/mol. The van der Waals surface area contributed by atoms with Gasteiger partial charge in [0.25, 0.3) is 0 Å². The van der Waals surface area contributed by atoms with E-state index in [9.17, 15) is 28.8 Å². The third-order valence-corrected chi connectivity index (χ3v) is 19.0. The molecule has 9 fully saturated rings. The highest BCUT2D eigenvalue weighted by molar-refractivity contribution is 6.05. The summed E-state index contributed by atoms with van der Waals surface area (Å²) in [4.78, 5) is 77.2. The maximum absolute atomic E-state index is 14.1. The summed E-state index contributed by atoms with van der Waals surface area (Å²) in [6.07, 6.45) is 13.8. The third kappa shape index (κ3) is 8.76. The molecule has 18 atom stereocenters. The molecule has 0 heterocycles. The lowest BCUT2D eigenvalue weighted by atomic mass is 9.76. The predicted octanol–water partition coefficient (Wildman–Crippen LogP) is 8.46. The summed E-state index contributed by atoms with van der Waals surface area (Å²) < 4.78 is 34.4. The van der Waals surface area contributed by atoms with E-state index in [4.69, 9.17) is 28.4 Å². The quantitative estimate of drug-likeness (QED) is 0.0836. The lowest BCUT2D eigenvalue weighted by molar-refractivity contribution is -0.143. The molecule has 356 valence electrons. The first-order valence-electron chi connectivity index (χ1n) is 25.2. The van der Waals surface area contributed by atoms with Gasteiger partial charge in [0.2, 0.25) is 0 Å². The van der Waals surface area contributed by atoms with Crippen molar-refractivity contribution in [3.63, 3.8) is 0 Å². The molecule has 12 nitrogen and oxygen atoms in total. The number of carbonyl (C=O) groups excluding carboxylic acids is 6. The normalized spacial score (nSPS) is 39.2. The van der Waals surface area contributed by atoms with Crippen LogP contribution in [0, 0.1) is 107 Å². The third-order valence-electron chi connectivity index (χ3n) is 19.0. The number of esters is 6. The standard InChI is InChI=1S/C54H68O12/c1-5-50(56)62-21-29-8-40-34-15-37(44(19-34)46(40)11-29)25-65-52(58)32-6-7-39(53(59)66-26-38-16-35-20-45(38)48-12-30(9-41(35)48)22-63-51(57)27(2)3)49(17-32)54(60)64-23-31-10-42-33-14-36(24-61-28(4)55)43(18-33)47(42)13-31/h5-7,17,29-31,33-38,40-48H,1-2,8-16,18-26H2,3-4H3. The summed E-state index contributed by atoms with van der Waals surface area (Å²) in [5.74, 6) is 5.59. The van der Waals surface area contributed by atoms with E-state index in [1.54, 1.807) is 13.0 Å². The van der Waals surface area contributed by atoms with Gasteiger partial charge in [0.15, 0.2) is 0 Å². The van der Waals surface area contributed by atoms with Gasteiger partial charge in [0.05, 0.1) is 56.3 Å². The molecule has 6 bridgehead atoms. The minimum absolute atomic E-state index is 0.0158. The lowest BCUT2D eigenvalue weighted by Crippen LogP contribution is -2.29.